The number of aliphatic imine (C=N–C) groups is 2. The smallest absolute Gasteiger partial charge is 0.872 e. The molecule has 0 atom stereocenters. The van der Waals surface area contributed by atoms with Gasteiger partial charge in [0.1, 0.15) is 0 Å². The molecule has 0 aromatic heterocycles. The first-order valence-electron chi connectivity index (χ1n) is 11.2. The number of aryl methyl sites for hydroxylation is 4. The molecule has 0 bridgehead atoms. The largest absolute Gasteiger partial charge is 1.00 e. The fourth-order valence-electron chi connectivity index (χ4n) is 3.86. The van der Waals surface area contributed by atoms with Gasteiger partial charge < -0.3 is 10.2 Å². The van der Waals surface area contributed by atoms with E-state index in [2.05, 4.69) is 26.8 Å². The average Bonchev–Trinajstić information content (AvgIpc) is 2.80. The molecule has 0 saturated carbocycles. The Morgan fingerprint density at radius 1 is 0.676 bits per heavy atom. The third-order valence-corrected chi connectivity index (χ3v) is 5.79. The van der Waals surface area contributed by atoms with Crippen molar-refractivity contribution in [2.45, 2.75) is 53.9 Å². The maximum Gasteiger partial charge on any atom is 1.00 e. The quantitative estimate of drug-likeness (QED) is 0.348. The molecule has 0 aliphatic heterocycles. The van der Waals surface area contributed by atoms with Gasteiger partial charge in [0.15, 0.2) is 0 Å². The molecule has 3 aromatic rings. The third-order valence-electron chi connectivity index (χ3n) is 5.79. The average molecular weight is 473 g/mol. The third kappa shape index (κ3) is 6.84. The Morgan fingerprint density at radius 3 is 1.44 bits per heavy atom. The van der Waals surface area contributed by atoms with Gasteiger partial charge in [0.25, 0.3) is 0 Å². The van der Waals surface area contributed by atoms with Gasteiger partial charge >= 0.3 is 59.1 Å². The van der Waals surface area contributed by atoms with Gasteiger partial charge in [-0.1, -0.05) is 85.9 Å². The Kier molecular flexibility index (Phi) is 12.8. The Labute approximate surface area is 247 Å². The summed E-state index contributed by atoms with van der Waals surface area (Å²) >= 11 is 0. The molecule has 0 unspecified atom stereocenters. The summed E-state index contributed by atoms with van der Waals surface area (Å²) in [5.41, 5.74) is 7.61. The molecule has 0 heterocycles. The van der Waals surface area contributed by atoms with E-state index < -0.39 is 0 Å². The molecule has 4 nitrogen and oxygen atoms in total. The molecule has 0 aliphatic rings. The minimum atomic E-state index is -0.00167. The van der Waals surface area contributed by atoms with E-state index in [1.807, 2.05) is 38.1 Å². The van der Waals surface area contributed by atoms with Gasteiger partial charge in [-0.05, 0) is 55.4 Å². The summed E-state index contributed by atoms with van der Waals surface area (Å²) in [6.45, 7) is 9.93. The van der Waals surface area contributed by atoms with Crippen LogP contribution in [0, 0.1) is 13.8 Å². The van der Waals surface area contributed by atoms with Crippen LogP contribution in [-0.4, -0.2) is 12.4 Å². The fourth-order valence-corrected chi connectivity index (χ4v) is 3.86. The SMILES string of the molecule is CCc1cc(CC)c(N=Cc2cccc(C)c2[O-])c(CC)c1N=Cc1cccc(C)c1[O-].[Na+].[Na+]. The van der Waals surface area contributed by atoms with Crippen LogP contribution in [0.2, 0.25) is 0 Å². The first-order chi connectivity index (χ1) is 15.4. The second-order valence-electron chi connectivity index (χ2n) is 7.93. The molecular weight excluding hydrogens is 442 g/mol. The number of rotatable bonds is 7. The number of para-hydroxylation sites is 2. The van der Waals surface area contributed by atoms with Gasteiger partial charge in [0.2, 0.25) is 0 Å². The molecule has 3 aromatic carbocycles. The van der Waals surface area contributed by atoms with Crippen molar-refractivity contribution in [1.82, 2.24) is 0 Å². The number of hydrogen-bond donors (Lipinski definition) is 0. The van der Waals surface area contributed by atoms with Gasteiger partial charge in [-0.2, -0.15) is 0 Å². The summed E-state index contributed by atoms with van der Waals surface area (Å²) in [6, 6.07) is 13.1. The minimum absolute atomic E-state index is 0. The van der Waals surface area contributed by atoms with Gasteiger partial charge in [-0.25, -0.2) is 0 Å². The Morgan fingerprint density at radius 2 is 1.09 bits per heavy atom. The Balaban J connectivity index is 0.00000289. The number of nitrogens with zero attached hydrogens (tertiary/aromatic N) is 2. The van der Waals surface area contributed by atoms with Crippen LogP contribution in [0.3, 0.4) is 0 Å². The van der Waals surface area contributed by atoms with Crippen molar-refractivity contribution in [3.8, 4) is 11.5 Å². The van der Waals surface area contributed by atoms with Crippen LogP contribution >= 0.6 is 0 Å². The van der Waals surface area contributed by atoms with Crippen molar-refractivity contribution in [3.05, 3.63) is 81.4 Å². The van der Waals surface area contributed by atoms with Crippen molar-refractivity contribution >= 4 is 23.8 Å². The summed E-state index contributed by atoms with van der Waals surface area (Å²) in [7, 11) is 0. The van der Waals surface area contributed by atoms with Crippen molar-refractivity contribution in [3.63, 3.8) is 0 Å². The second kappa shape index (κ2) is 14.2. The Hall–Kier alpha value is -1.40. The number of hydrogen-bond acceptors (Lipinski definition) is 4. The van der Waals surface area contributed by atoms with E-state index in [0.717, 1.165) is 47.3 Å². The summed E-state index contributed by atoms with van der Waals surface area (Å²) in [6.07, 6.45) is 5.74. The maximum atomic E-state index is 12.4. The molecule has 166 valence electrons. The first kappa shape index (κ1) is 30.6. The van der Waals surface area contributed by atoms with Crippen molar-refractivity contribution in [1.29, 1.82) is 0 Å². The summed E-state index contributed by atoms with van der Waals surface area (Å²) in [5.74, 6) is -0.00335. The zero-order chi connectivity index (χ0) is 23.3. The van der Waals surface area contributed by atoms with Crippen LogP contribution in [0.15, 0.2) is 52.4 Å². The molecule has 0 saturated heterocycles. The molecule has 0 amide bonds. The summed E-state index contributed by atoms with van der Waals surface area (Å²) < 4.78 is 0. The van der Waals surface area contributed by atoms with Crippen LogP contribution in [0.5, 0.6) is 11.5 Å². The van der Waals surface area contributed by atoms with Crippen LogP contribution < -0.4 is 69.3 Å². The zero-order valence-electron chi connectivity index (χ0n) is 21.5. The molecular formula is C28H30N2Na2O2. The van der Waals surface area contributed by atoms with E-state index in [1.54, 1.807) is 24.6 Å². The molecule has 0 spiro atoms. The van der Waals surface area contributed by atoms with Gasteiger partial charge in [-0.15, -0.1) is 0 Å². The predicted octanol–water partition coefficient (Wildman–Crippen LogP) is -0.353. The number of benzene rings is 3. The monoisotopic (exact) mass is 472 g/mol. The first-order valence-corrected chi connectivity index (χ1v) is 11.2. The molecule has 34 heavy (non-hydrogen) atoms. The molecule has 0 fully saturated rings. The van der Waals surface area contributed by atoms with E-state index in [-0.39, 0.29) is 70.6 Å². The van der Waals surface area contributed by atoms with Crippen LogP contribution in [0.4, 0.5) is 11.4 Å². The van der Waals surface area contributed by atoms with Crippen LogP contribution in [-0.2, 0) is 19.3 Å². The van der Waals surface area contributed by atoms with Crippen molar-refractivity contribution in [2.75, 3.05) is 0 Å². The fraction of sp³-hybridized carbons (Fsp3) is 0.286. The standard InChI is InChI=1S/C28H32N2O2.2Na/c1-6-20-15-21(7-2)26(30-17-23-14-10-12-19(5)28(23)32)24(8-3)25(20)29-16-22-13-9-11-18(4)27(22)31;;/h9-17,31-32H,6-8H2,1-5H3;;/q;2*+1/p-2. The Bertz CT molecular complexity index is 1100. The van der Waals surface area contributed by atoms with E-state index in [4.69, 9.17) is 9.98 Å². The molecule has 0 radical (unpaired) electrons. The van der Waals surface area contributed by atoms with Crippen molar-refractivity contribution in [2.24, 2.45) is 9.98 Å². The van der Waals surface area contributed by atoms with Crippen LogP contribution in [0.25, 0.3) is 0 Å². The van der Waals surface area contributed by atoms with Gasteiger partial charge in [0.05, 0.1) is 11.4 Å². The van der Waals surface area contributed by atoms with E-state index >= 15 is 0 Å². The topological polar surface area (TPSA) is 70.8 Å². The molecule has 0 N–H and O–H groups in total. The van der Waals surface area contributed by atoms with Crippen molar-refractivity contribution < 1.29 is 69.3 Å². The maximum absolute atomic E-state index is 12.4. The van der Waals surface area contributed by atoms with E-state index in [9.17, 15) is 10.2 Å². The van der Waals surface area contributed by atoms with Crippen LogP contribution in [0.1, 0.15) is 59.7 Å². The zero-order valence-corrected chi connectivity index (χ0v) is 25.5. The van der Waals surface area contributed by atoms with Gasteiger partial charge in [-0.3, -0.25) is 9.98 Å². The molecule has 0 aliphatic carbocycles. The summed E-state index contributed by atoms with van der Waals surface area (Å²) in [5, 5.41) is 24.9. The van der Waals surface area contributed by atoms with E-state index in [0.29, 0.717) is 22.3 Å². The van der Waals surface area contributed by atoms with E-state index in [1.165, 1.54) is 0 Å². The molecule has 3 rings (SSSR count). The summed E-state index contributed by atoms with van der Waals surface area (Å²) in [4.78, 5) is 9.56. The van der Waals surface area contributed by atoms with Gasteiger partial charge in [0, 0.05) is 18.0 Å². The molecule has 6 heteroatoms. The minimum Gasteiger partial charge on any atom is -0.872 e. The predicted molar refractivity (Wildman–Crippen MR) is 130 cm³/mol. The normalized spacial score (nSPS) is 11.0. The second-order valence-corrected chi connectivity index (χ2v) is 7.93.